The normalized spacial score (nSPS) is 10.6. The highest BCUT2D eigenvalue weighted by Gasteiger charge is 2.11. The molecule has 0 aliphatic heterocycles. The van der Waals surface area contributed by atoms with E-state index in [0.29, 0.717) is 5.88 Å². The Balaban J connectivity index is 3.00. The molecule has 0 saturated carbocycles. The number of nitrogens with zero attached hydrogens (tertiary/aromatic N) is 2. The van der Waals surface area contributed by atoms with Gasteiger partial charge in [0, 0.05) is 24.8 Å². The van der Waals surface area contributed by atoms with Crippen molar-refractivity contribution in [2.24, 2.45) is 0 Å². The van der Waals surface area contributed by atoms with Crippen molar-refractivity contribution in [3.8, 4) is 0 Å². The zero-order valence-corrected chi connectivity index (χ0v) is 11.4. The maximum absolute atomic E-state index is 6.00. The maximum atomic E-state index is 6.00. The van der Waals surface area contributed by atoms with Gasteiger partial charge in [0.1, 0.15) is 5.82 Å². The molecule has 0 radical (unpaired) electrons. The lowest BCUT2D eigenvalue weighted by molar-refractivity contribution is 0.755. The second kappa shape index (κ2) is 6.09. The average molecular weight is 241 g/mol. The molecule has 1 rings (SSSR count). The molecule has 90 valence electrons. The third kappa shape index (κ3) is 3.11. The number of halogens is 1. The Morgan fingerprint density at radius 3 is 2.62 bits per heavy atom. The Kier molecular flexibility index (Phi) is 5.07. The quantitative estimate of drug-likeness (QED) is 0.730. The van der Waals surface area contributed by atoms with Crippen LogP contribution < -0.4 is 4.90 Å². The summed E-state index contributed by atoms with van der Waals surface area (Å²) < 4.78 is 0. The third-order valence-corrected chi connectivity index (χ3v) is 3.06. The molecule has 0 atom stereocenters. The Labute approximate surface area is 104 Å². The highest BCUT2D eigenvalue weighted by Crippen LogP contribution is 2.23. The van der Waals surface area contributed by atoms with E-state index in [1.807, 2.05) is 6.92 Å². The second-order valence-corrected chi connectivity index (χ2v) is 4.56. The summed E-state index contributed by atoms with van der Waals surface area (Å²) in [5.41, 5.74) is 3.46. The van der Waals surface area contributed by atoms with Crippen LogP contribution >= 0.6 is 11.6 Å². The smallest absolute Gasteiger partial charge is 0.133 e. The molecule has 16 heavy (non-hydrogen) atoms. The van der Waals surface area contributed by atoms with Crippen LogP contribution in [0.4, 0.5) is 5.82 Å². The van der Waals surface area contributed by atoms with Crippen molar-refractivity contribution in [1.82, 2.24) is 4.98 Å². The zero-order chi connectivity index (χ0) is 12.1. The molecule has 0 amide bonds. The summed E-state index contributed by atoms with van der Waals surface area (Å²) in [6.45, 7) is 7.37. The van der Waals surface area contributed by atoms with Crippen LogP contribution in [0.3, 0.4) is 0 Å². The fourth-order valence-corrected chi connectivity index (χ4v) is 2.16. The third-order valence-electron chi connectivity index (χ3n) is 2.80. The molecule has 0 spiro atoms. The van der Waals surface area contributed by atoms with Gasteiger partial charge in [0.2, 0.25) is 0 Å². The number of hydrogen-bond donors (Lipinski definition) is 0. The van der Waals surface area contributed by atoms with Gasteiger partial charge in [-0.15, -0.1) is 11.6 Å². The van der Waals surface area contributed by atoms with Crippen LogP contribution in [0.2, 0.25) is 0 Å². The summed E-state index contributed by atoms with van der Waals surface area (Å²) in [5, 5.41) is 0. The molecule has 1 heterocycles. The molecule has 0 aromatic carbocycles. The lowest BCUT2D eigenvalue weighted by atomic mass is 10.1. The first kappa shape index (κ1) is 13.3. The highest BCUT2D eigenvalue weighted by atomic mass is 35.5. The van der Waals surface area contributed by atoms with E-state index in [0.717, 1.165) is 23.6 Å². The molecule has 0 fully saturated rings. The van der Waals surface area contributed by atoms with Crippen LogP contribution in [-0.4, -0.2) is 18.6 Å². The van der Waals surface area contributed by atoms with Gasteiger partial charge >= 0.3 is 0 Å². The van der Waals surface area contributed by atoms with Crippen molar-refractivity contribution in [1.29, 1.82) is 0 Å². The van der Waals surface area contributed by atoms with Gasteiger partial charge < -0.3 is 4.90 Å². The van der Waals surface area contributed by atoms with Crippen molar-refractivity contribution in [3.05, 3.63) is 22.9 Å². The minimum atomic E-state index is 0.533. The van der Waals surface area contributed by atoms with E-state index in [9.17, 15) is 0 Å². The van der Waals surface area contributed by atoms with Gasteiger partial charge in [0.15, 0.2) is 0 Å². The van der Waals surface area contributed by atoms with Gasteiger partial charge in [-0.2, -0.15) is 0 Å². The van der Waals surface area contributed by atoms with Gasteiger partial charge in [0.05, 0.1) is 5.88 Å². The van der Waals surface area contributed by atoms with E-state index in [-0.39, 0.29) is 0 Å². The van der Waals surface area contributed by atoms with Crippen LogP contribution in [0.15, 0.2) is 6.07 Å². The molecule has 0 aliphatic carbocycles. The summed E-state index contributed by atoms with van der Waals surface area (Å²) in [5.74, 6) is 1.58. The van der Waals surface area contributed by atoms with E-state index >= 15 is 0 Å². The minimum absolute atomic E-state index is 0.533. The summed E-state index contributed by atoms with van der Waals surface area (Å²) in [6, 6.07) is 2.09. The molecule has 2 nitrogen and oxygen atoms in total. The highest BCUT2D eigenvalue weighted by molar-refractivity contribution is 6.17. The number of rotatable bonds is 5. The molecule has 0 unspecified atom stereocenters. The first-order chi connectivity index (χ1) is 7.60. The predicted octanol–water partition coefficient (Wildman–Crippen LogP) is 3.67. The number of pyridine rings is 1. The molecule has 1 aromatic heterocycles. The van der Waals surface area contributed by atoms with Crippen LogP contribution in [0.1, 0.15) is 36.6 Å². The molecule has 0 N–H and O–H groups in total. The van der Waals surface area contributed by atoms with Gasteiger partial charge in [-0.3, -0.25) is 0 Å². The molecule has 0 aliphatic rings. The summed E-state index contributed by atoms with van der Waals surface area (Å²) >= 11 is 6.00. The van der Waals surface area contributed by atoms with Crippen LogP contribution in [0, 0.1) is 13.8 Å². The monoisotopic (exact) mass is 240 g/mol. The van der Waals surface area contributed by atoms with Gasteiger partial charge in [-0.05, 0) is 31.9 Å². The van der Waals surface area contributed by atoms with E-state index in [1.54, 1.807) is 0 Å². The first-order valence-electron chi connectivity index (χ1n) is 5.84. The van der Waals surface area contributed by atoms with Crippen molar-refractivity contribution in [2.45, 2.75) is 39.5 Å². The fourth-order valence-electron chi connectivity index (χ4n) is 1.83. The molecule has 0 saturated heterocycles. The average Bonchev–Trinajstić information content (AvgIpc) is 2.24. The number of aromatic nitrogens is 1. The molecule has 0 bridgehead atoms. The lowest BCUT2D eigenvalue weighted by Crippen LogP contribution is -2.21. The topological polar surface area (TPSA) is 16.1 Å². The first-order valence-corrected chi connectivity index (χ1v) is 6.37. The van der Waals surface area contributed by atoms with Crippen molar-refractivity contribution < 1.29 is 0 Å². The van der Waals surface area contributed by atoms with Crippen molar-refractivity contribution in [2.75, 3.05) is 18.5 Å². The molecular weight excluding hydrogens is 220 g/mol. The lowest BCUT2D eigenvalue weighted by Gasteiger charge is -2.22. The van der Waals surface area contributed by atoms with E-state index in [4.69, 9.17) is 11.6 Å². The van der Waals surface area contributed by atoms with Gasteiger partial charge in [0.25, 0.3) is 0 Å². The Bertz CT molecular complexity index is 350. The molecular formula is C13H21ClN2. The SMILES string of the molecule is CCCCN(C)c1nc(C)cc(C)c1CCl. The van der Waals surface area contributed by atoms with Gasteiger partial charge in [-0.1, -0.05) is 13.3 Å². The predicted molar refractivity (Wildman–Crippen MR) is 71.4 cm³/mol. The Morgan fingerprint density at radius 1 is 1.38 bits per heavy atom. The molecule has 1 aromatic rings. The number of aryl methyl sites for hydroxylation is 2. The van der Waals surface area contributed by atoms with Crippen molar-refractivity contribution in [3.63, 3.8) is 0 Å². The Morgan fingerprint density at radius 2 is 2.06 bits per heavy atom. The van der Waals surface area contributed by atoms with Crippen LogP contribution in [-0.2, 0) is 5.88 Å². The van der Waals surface area contributed by atoms with E-state index < -0.39 is 0 Å². The fraction of sp³-hybridized carbons (Fsp3) is 0.615. The summed E-state index contributed by atoms with van der Waals surface area (Å²) in [4.78, 5) is 6.81. The summed E-state index contributed by atoms with van der Waals surface area (Å²) in [7, 11) is 2.09. The number of alkyl halides is 1. The van der Waals surface area contributed by atoms with Gasteiger partial charge in [-0.25, -0.2) is 4.98 Å². The zero-order valence-electron chi connectivity index (χ0n) is 10.7. The Hall–Kier alpha value is -0.760. The number of unbranched alkanes of at least 4 members (excludes halogenated alkanes) is 1. The second-order valence-electron chi connectivity index (χ2n) is 4.29. The minimum Gasteiger partial charge on any atom is -0.359 e. The number of hydrogen-bond acceptors (Lipinski definition) is 2. The summed E-state index contributed by atoms with van der Waals surface area (Å²) in [6.07, 6.45) is 2.39. The van der Waals surface area contributed by atoms with E-state index in [1.165, 1.54) is 18.4 Å². The van der Waals surface area contributed by atoms with Crippen molar-refractivity contribution >= 4 is 17.4 Å². The number of anilines is 1. The van der Waals surface area contributed by atoms with Crippen LogP contribution in [0.25, 0.3) is 0 Å². The molecule has 3 heteroatoms. The largest absolute Gasteiger partial charge is 0.359 e. The standard InChI is InChI=1S/C13H21ClN2/c1-5-6-7-16(4)13-12(9-14)10(2)8-11(3)15-13/h8H,5-7,9H2,1-4H3. The van der Waals surface area contributed by atoms with E-state index in [2.05, 4.69) is 36.8 Å². The maximum Gasteiger partial charge on any atom is 0.133 e. The van der Waals surface area contributed by atoms with Crippen LogP contribution in [0.5, 0.6) is 0 Å².